The maximum absolute atomic E-state index is 12.1. The van der Waals surface area contributed by atoms with E-state index >= 15 is 0 Å². The van der Waals surface area contributed by atoms with Gasteiger partial charge in [0.2, 0.25) is 0 Å². The summed E-state index contributed by atoms with van der Waals surface area (Å²) in [6.45, 7) is 6.04. The van der Waals surface area contributed by atoms with Crippen LogP contribution < -0.4 is 5.63 Å². The van der Waals surface area contributed by atoms with Gasteiger partial charge in [-0.15, -0.1) is 0 Å². The molecule has 30 heavy (non-hydrogen) atoms. The second-order valence-electron chi connectivity index (χ2n) is 7.24. The first kappa shape index (κ1) is 21.0. The molecule has 0 saturated carbocycles. The van der Waals surface area contributed by atoms with Crippen molar-refractivity contribution in [1.29, 1.82) is 0 Å². The second kappa shape index (κ2) is 8.73. The van der Waals surface area contributed by atoms with Gasteiger partial charge >= 0.3 is 11.6 Å². The third kappa shape index (κ3) is 4.81. The summed E-state index contributed by atoms with van der Waals surface area (Å²) < 4.78 is 10.6. The van der Waals surface area contributed by atoms with Gasteiger partial charge in [0.1, 0.15) is 12.2 Å². The lowest BCUT2D eigenvalue weighted by atomic mass is 9.95. The van der Waals surface area contributed by atoms with Gasteiger partial charge in [-0.2, -0.15) is 0 Å². The number of carbonyl (C=O) groups excluding carboxylic acids is 1. The highest BCUT2D eigenvalue weighted by atomic mass is 16.6. The van der Waals surface area contributed by atoms with Crippen LogP contribution in [0.1, 0.15) is 42.0 Å². The average Bonchev–Trinajstić information content (AvgIpc) is 2.69. The minimum atomic E-state index is -0.592. The standard InChI is InChI=1S/C23H21NO6/c1-14(2)19-12-20-17(11-23(26)30-21(20)10-15(19)3)13-29-22(25)9-6-16-4-7-18(8-5-16)24(27)28/h4-12,14H,13H2,1-3H3. The van der Waals surface area contributed by atoms with Gasteiger partial charge in [0.15, 0.2) is 0 Å². The van der Waals surface area contributed by atoms with Crippen molar-refractivity contribution in [2.24, 2.45) is 0 Å². The van der Waals surface area contributed by atoms with Crippen LogP contribution in [0, 0.1) is 17.0 Å². The van der Waals surface area contributed by atoms with E-state index < -0.39 is 16.5 Å². The number of rotatable bonds is 6. The van der Waals surface area contributed by atoms with Crippen LogP contribution in [0.5, 0.6) is 0 Å². The number of nitro groups is 1. The summed E-state index contributed by atoms with van der Waals surface area (Å²) in [4.78, 5) is 34.2. The number of nitrogens with zero attached hydrogens (tertiary/aromatic N) is 1. The molecule has 0 aliphatic heterocycles. The van der Waals surface area contributed by atoms with Gasteiger partial charge in [0.25, 0.3) is 5.69 Å². The Morgan fingerprint density at radius 1 is 1.20 bits per heavy atom. The normalized spacial score (nSPS) is 11.3. The van der Waals surface area contributed by atoms with Gasteiger partial charge in [-0.05, 0) is 59.9 Å². The zero-order valence-corrected chi connectivity index (χ0v) is 16.9. The van der Waals surface area contributed by atoms with Crippen molar-refractivity contribution in [3.8, 4) is 0 Å². The Labute approximate surface area is 172 Å². The maximum atomic E-state index is 12.1. The molecular weight excluding hydrogens is 386 g/mol. The zero-order chi connectivity index (χ0) is 21.8. The van der Waals surface area contributed by atoms with Gasteiger partial charge in [-0.3, -0.25) is 10.1 Å². The van der Waals surface area contributed by atoms with E-state index in [1.54, 1.807) is 0 Å². The van der Waals surface area contributed by atoms with Crippen LogP contribution in [-0.4, -0.2) is 10.9 Å². The highest BCUT2D eigenvalue weighted by Crippen LogP contribution is 2.27. The molecule has 0 spiro atoms. The van der Waals surface area contributed by atoms with Crippen molar-refractivity contribution in [2.75, 3.05) is 0 Å². The van der Waals surface area contributed by atoms with Crippen molar-refractivity contribution in [3.05, 3.63) is 91.3 Å². The number of nitro benzene ring substituents is 1. The molecule has 0 aliphatic rings. The predicted molar refractivity (Wildman–Crippen MR) is 113 cm³/mol. The molecule has 3 rings (SSSR count). The molecule has 0 N–H and O–H groups in total. The zero-order valence-electron chi connectivity index (χ0n) is 16.9. The Morgan fingerprint density at radius 2 is 1.90 bits per heavy atom. The lowest BCUT2D eigenvalue weighted by Gasteiger charge is -2.13. The smallest absolute Gasteiger partial charge is 0.336 e. The minimum absolute atomic E-state index is 0.0273. The average molecular weight is 407 g/mol. The number of non-ortho nitro benzene ring substituents is 1. The molecule has 0 radical (unpaired) electrons. The van der Waals surface area contributed by atoms with Crippen LogP contribution in [0.25, 0.3) is 17.0 Å². The number of hydrogen-bond acceptors (Lipinski definition) is 6. The Kier molecular flexibility index (Phi) is 6.11. The van der Waals surface area contributed by atoms with Crippen LogP contribution >= 0.6 is 0 Å². The highest BCUT2D eigenvalue weighted by Gasteiger charge is 2.12. The third-order valence-electron chi connectivity index (χ3n) is 4.72. The molecule has 0 unspecified atom stereocenters. The molecule has 7 heteroatoms. The van der Waals surface area contributed by atoms with Gasteiger partial charge < -0.3 is 9.15 Å². The summed E-state index contributed by atoms with van der Waals surface area (Å²) in [5, 5.41) is 11.4. The maximum Gasteiger partial charge on any atom is 0.336 e. The minimum Gasteiger partial charge on any atom is -0.458 e. The number of benzene rings is 2. The number of ether oxygens (including phenoxy) is 1. The monoisotopic (exact) mass is 407 g/mol. The summed E-state index contributed by atoms with van der Waals surface area (Å²) in [6.07, 6.45) is 2.74. The number of aryl methyl sites for hydroxylation is 1. The van der Waals surface area contributed by atoms with Gasteiger partial charge in [0.05, 0.1) is 4.92 Å². The summed E-state index contributed by atoms with van der Waals surface area (Å²) in [5.41, 5.74) is 3.27. The molecule has 154 valence electrons. The molecule has 0 saturated heterocycles. The first-order valence-corrected chi connectivity index (χ1v) is 9.41. The predicted octanol–water partition coefficient (Wildman–Crippen LogP) is 4.89. The summed E-state index contributed by atoms with van der Waals surface area (Å²) in [6, 6.07) is 10.9. The molecule has 2 aromatic carbocycles. The second-order valence-corrected chi connectivity index (χ2v) is 7.24. The van der Waals surface area contributed by atoms with Crippen molar-refractivity contribution >= 4 is 28.7 Å². The van der Waals surface area contributed by atoms with E-state index in [0.29, 0.717) is 22.6 Å². The summed E-state index contributed by atoms with van der Waals surface area (Å²) in [5.74, 6) is -0.299. The molecule has 0 atom stereocenters. The van der Waals surface area contributed by atoms with Crippen LogP contribution in [0.15, 0.2) is 57.8 Å². The summed E-state index contributed by atoms with van der Waals surface area (Å²) in [7, 11) is 0. The lowest BCUT2D eigenvalue weighted by molar-refractivity contribution is -0.384. The molecule has 1 heterocycles. The van der Waals surface area contributed by atoms with Crippen LogP contribution in [0.2, 0.25) is 0 Å². The largest absolute Gasteiger partial charge is 0.458 e. The molecule has 0 amide bonds. The Morgan fingerprint density at radius 3 is 2.53 bits per heavy atom. The van der Waals surface area contributed by atoms with E-state index in [9.17, 15) is 19.7 Å². The third-order valence-corrected chi connectivity index (χ3v) is 4.72. The lowest BCUT2D eigenvalue weighted by Crippen LogP contribution is -2.06. The fourth-order valence-electron chi connectivity index (χ4n) is 3.20. The van der Waals surface area contributed by atoms with E-state index in [0.717, 1.165) is 16.5 Å². The molecule has 3 aromatic rings. The number of esters is 1. The van der Waals surface area contributed by atoms with Crippen LogP contribution in [0.4, 0.5) is 5.69 Å². The Bertz CT molecular complexity index is 1190. The van der Waals surface area contributed by atoms with E-state index in [4.69, 9.17) is 9.15 Å². The number of carbonyl (C=O) groups is 1. The fourth-order valence-corrected chi connectivity index (χ4v) is 3.20. The fraction of sp³-hybridized carbons (Fsp3) is 0.217. The molecule has 0 fully saturated rings. The van der Waals surface area contributed by atoms with E-state index in [1.165, 1.54) is 42.5 Å². The molecule has 0 bridgehead atoms. The molecule has 7 nitrogen and oxygen atoms in total. The van der Waals surface area contributed by atoms with Crippen molar-refractivity contribution in [2.45, 2.75) is 33.3 Å². The van der Waals surface area contributed by atoms with Crippen molar-refractivity contribution < 1.29 is 18.9 Å². The van der Waals surface area contributed by atoms with E-state index in [2.05, 4.69) is 13.8 Å². The van der Waals surface area contributed by atoms with Gasteiger partial charge in [-0.25, -0.2) is 9.59 Å². The topological polar surface area (TPSA) is 99.7 Å². The highest BCUT2D eigenvalue weighted by molar-refractivity contribution is 5.87. The van der Waals surface area contributed by atoms with Gasteiger partial charge in [-0.1, -0.05) is 13.8 Å². The van der Waals surface area contributed by atoms with Crippen molar-refractivity contribution in [3.63, 3.8) is 0 Å². The van der Waals surface area contributed by atoms with Gasteiger partial charge in [0, 0.05) is 35.2 Å². The number of fused-ring (bicyclic) bond motifs is 1. The van der Waals surface area contributed by atoms with Crippen molar-refractivity contribution in [1.82, 2.24) is 0 Å². The SMILES string of the molecule is Cc1cc2oc(=O)cc(COC(=O)C=Cc3ccc([N+](=O)[O-])cc3)c2cc1C(C)C. The van der Waals surface area contributed by atoms with Crippen LogP contribution in [-0.2, 0) is 16.1 Å². The van der Waals surface area contributed by atoms with Crippen LogP contribution in [0.3, 0.4) is 0 Å². The number of hydrogen-bond donors (Lipinski definition) is 0. The summed E-state index contributed by atoms with van der Waals surface area (Å²) >= 11 is 0. The molecule has 0 aliphatic carbocycles. The Balaban J connectivity index is 1.77. The molecule has 1 aromatic heterocycles. The quantitative estimate of drug-likeness (QED) is 0.190. The first-order chi connectivity index (χ1) is 14.2. The first-order valence-electron chi connectivity index (χ1n) is 9.41. The van der Waals surface area contributed by atoms with E-state index in [1.807, 2.05) is 19.1 Å². The van der Waals surface area contributed by atoms with E-state index in [-0.39, 0.29) is 12.3 Å². The Hall–Kier alpha value is -3.74. The molecular formula is C23H21NO6.